The highest BCUT2D eigenvalue weighted by Crippen LogP contribution is 2.32. The van der Waals surface area contributed by atoms with Crippen LogP contribution in [-0.2, 0) is 14.3 Å². The van der Waals surface area contributed by atoms with Crippen molar-refractivity contribution in [2.45, 2.75) is 75.6 Å². The third-order valence-corrected chi connectivity index (χ3v) is 4.24. The zero-order valence-corrected chi connectivity index (χ0v) is 13.4. The number of rotatable bonds is 9. The number of ether oxygens (including phenoxy) is 2. The molecule has 0 aromatic rings. The molecule has 0 saturated carbocycles. The van der Waals surface area contributed by atoms with Crippen LogP contribution in [0.1, 0.15) is 45.4 Å². The third-order valence-electron chi connectivity index (χ3n) is 4.24. The maximum absolute atomic E-state index is 12.5. The topological polar surface area (TPSA) is 122 Å². The molecule has 1 unspecified atom stereocenters. The van der Waals surface area contributed by atoms with Gasteiger partial charge >= 0.3 is 0 Å². The van der Waals surface area contributed by atoms with Crippen LogP contribution in [0.25, 0.3) is 0 Å². The predicted molar refractivity (Wildman–Crippen MR) is 80.1 cm³/mol. The smallest absolute Gasteiger partial charge is 0.247 e. The van der Waals surface area contributed by atoms with E-state index in [-0.39, 0.29) is 12.2 Å². The lowest BCUT2D eigenvalue weighted by Crippen LogP contribution is -2.71. The number of aliphatic hydroxyl groups is 3. The first-order chi connectivity index (χ1) is 10.4. The van der Waals surface area contributed by atoms with Crippen molar-refractivity contribution in [3.63, 3.8) is 0 Å². The molecule has 1 aliphatic heterocycles. The minimum Gasteiger partial charge on any atom is -0.394 e. The number of carbonyl (C=O) groups is 1. The van der Waals surface area contributed by atoms with Gasteiger partial charge in [-0.15, -0.1) is 0 Å². The molecule has 0 spiro atoms. The fraction of sp³-hybridized carbons (Fsp3) is 0.933. The molecular formula is C15H29NO6. The molecule has 22 heavy (non-hydrogen) atoms. The standard InChI is InChI=1S/C15H29NO6/c1-3-4-5-6-7-8-11(18)15(21-2)14(16)13(20)12(19)10(9-17)22-15/h10,12-14,17,19-20H,3-9,16H2,1-2H3/t10-,12-,13+,14-,15?/m1/s1. The molecule has 7 nitrogen and oxygen atoms in total. The number of unbranched alkanes of at least 4 members (excludes halogenated alkanes) is 4. The largest absolute Gasteiger partial charge is 0.394 e. The molecule has 1 aliphatic rings. The highest BCUT2D eigenvalue weighted by molar-refractivity contribution is 5.87. The van der Waals surface area contributed by atoms with E-state index in [1.807, 2.05) is 0 Å². The predicted octanol–water partition coefficient (Wildman–Crippen LogP) is -0.301. The molecule has 0 radical (unpaired) electrons. The summed E-state index contributed by atoms with van der Waals surface area (Å²) in [4.78, 5) is 12.5. The number of hydrogen-bond acceptors (Lipinski definition) is 7. The molecule has 1 rings (SSSR count). The number of nitrogens with two attached hydrogens (primary N) is 1. The molecule has 0 aliphatic carbocycles. The lowest BCUT2D eigenvalue weighted by molar-refractivity contribution is -0.306. The Bertz CT molecular complexity index is 351. The van der Waals surface area contributed by atoms with E-state index >= 15 is 0 Å². The second-order valence-corrected chi connectivity index (χ2v) is 5.80. The SMILES string of the molecule is CCCCCCCC(=O)C1(OC)O[C@H](CO)[C@@H](O)[C@H](O)[C@H]1N. The Morgan fingerprint density at radius 1 is 1.23 bits per heavy atom. The molecule has 5 N–H and O–H groups in total. The molecule has 1 saturated heterocycles. The zero-order valence-electron chi connectivity index (χ0n) is 13.4. The van der Waals surface area contributed by atoms with Crippen molar-refractivity contribution >= 4 is 5.78 Å². The Morgan fingerprint density at radius 3 is 2.41 bits per heavy atom. The van der Waals surface area contributed by atoms with Crippen molar-refractivity contribution in [3.05, 3.63) is 0 Å². The van der Waals surface area contributed by atoms with E-state index in [4.69, 9.17) is 15.2 Å². The summed E-state index contributed by atoms with van der Waals surface area (Å²) >= 11 is 0. The number of methoxy groups -OCH3 is 1. The Morgan fingerprint density at radius 2 is 1.86 bits per heavy atom. The van der Waals surface area contributed by atoms with Crippen LogP contribution >= 0.6 is 0 Å². The molecule has 1 heterocycles. The fourth-order valence-corrected chi connectivity index (χ4v) is 2.79. The summed E-state index contributed by atoms with van der Waals surface area (Å²) < 4.78 is 10.7. The van der Waals surface area contributed by atoms with E-state index < -0.39 is 36.7 Å². The first kappa shape index (κ1) is 19.5. The van der Waals surface area contributed by atoms with Crippen LogP contribution < -0.4 is 5.73 Å². The maximum atomic E-state index is 12.5. The van der Waals surface area contributed by atoms with Crippen LogP contribution in [0.15, 0.2) is 0 Å². The van der Waals surface area contributed by atoms with Gasteiger partial charge in [0.15, 0.2) is 5.78 Å². The van der Waals surface area contributed by atoms with Crippen molar-refractivity contribution < 1.29 is 29.6 Å². The molecule has 0 aromatic heterocycles. The lowest BCUT2D eigenvalue weighted by Gasteiger charge is -2.47. The Hall–Kier alpha value is -0.570. The monoisotopic (exact) mass is 319 g/mol. The molecule has 0 aromatic carbocycles. The molecule has 0 amide bonds. The van der Waals surface area contributed by atoms with Crippen molar-refractivity contribution in [3.8, 4) is 0 Å². The van der Waals surface area contributed by atoms with Gasteiger partial charge in [0.2, 0.25) is 5.79 Å². The van der Waals surface area contributed by atoms with Crippen molar-refractivity contribution in [1.82, 2.24) is 0 Å². The van der Waals surface area contributed by atoms with E-state index in [2.05, 4.69) is 6.92 Å². The summed E-state index contributed by atoms with van der Waals surface area (Å²) in [5, 5.41) is 29.1. The molecule has 7 heteroatoms. The zero-order chi connectivity index (χ0) is 16.8. The van der Waals surface area contributed by atoms with E-state index in [0.717, 1.165) is 25.7 Å². The third kappa shape index (κ3) is 4.04. The first-order valence-electron chi connectivity index (χ1n) is 7.93. The van der Waals surface area contributed by atoms with Crippen LogP contribution in [0.3, 0.4) is 0 Å². The normalized spacial score (nSPS) is 35.5. The minimum atomic E-state index is -1.82. The summed E-state index contributed by atoms with van der Waals surface area (Å²) in [5.41, 5.74) is 5.87. The molecule has 0 bridgehead atoms. The Balaban J connectivity index is 2.74. The van der Waals surface area contributed by atoms with Crippen LogP contribution in [0.4, 0.5) is 0 Å². The highest BCUT2D eigenvalue weighted by Gasteiger charge is 2.56. The summed E-state index contributed by atoms with van der Waals surface area (Å²) in [6.45, 7) is 1.57. The first-order valence-corrected chi connectivity index (χ1v) is 7.93. The number of aliphatic hydroxyl groups excluding tert-OH is 3. The second kappa shape index (κ2) is 8.90. The minimum absolute atomic E-state index is 0.215. The average Bonchev–Trinajstić information content (AvgIpc) is 2.53. The Kier molecular flexibility index (Phi) is 7.88. The highest BCUT2D eigenvalue weighted by atomic mass is 16.7. The summed E-state index contributed by atoms with van der Waals surface area (Å²) in [5.74, 6) is -2.19. The lowest BCUT2D eigenvalue weighted by atomic mass is 9.87. The quantitative estimate of drug-likeness (QED) is 0.430. The second-order valence-electron chi connectivity index (χ2n) is 5.80. The molecular weight excluding hydrogens is 290 g/mol. The van der Waals surface area contributed by atoms with E-state index in [1.165, 1.54) is 7.11 Å². The van der Waals surface area contributed by atoms with Gasteiger partial charge in [-0.25, -0.2) is 0 Å². The van der Waals surface area contributed by atoms with E-state index in [1.54, 1.807) is 0 Å². The van der Waals surface area contributed by atoms with Gasteiger partial charge in [0.1, 0.15) is 18.3 Å². The van der Waals surface area contributed by atoms with Gasteiger partial charge < -0.3 is 30.5 Å². The van der Waals surface area contributed by atoms with Crippen molar-refractivity contribution in [1.29, 1.82) is 0 Å². The van der Waals surface area contributed by atoms with Crippen LogP contribution in [0.5, 0.6) is 0 Å². The van der Waals surface area contributed by atoms with Crippen LogP contribution in [-0.4, -0.2) is 65.0 Å². The van der Waals surface area contributed by atoms with Gasteiger partial charge in [-0.05, 0) is 6.42 Å². The van der Waals surface area contributed by atoms with Crippen molar-refractivity contribution in [2.24, 2.45) is 5.73 Å². The Labute approximate surface area is 131 Å². The molecule has 5 atom stereocenters. The van der Waals surface area contributed by atoms with Gasteiger partial charge in [-0.1, -0.05) is 32.6 Å². The van der Waals surface area contributed by atoms with Gasteiger partial charge in [0.05, 0.1) is 12.6 Å². The van der Waals surface area contributed by atoms with Gasteiger partial charge in [0.25, 0.3) is 0 Å². The van der Waals surface area contributed by atoms with Gasteiger partial charge in [0, 0.05) is 13.5 Å². The van der Waals surface area contributed by atoms with E-state index in [9.17, 15) is 20.1 Å². The van der Waals surface area contributed by atoms with Gasteiger partial charge in [-0.3, -0.25) is 4.79 Å². The number of hydrogen-bond donors (Lipinski definition) is 4. The number of carbonyl (C=O) groups excluding carboxylic acids is 1. The molecule has 1 fully saturated rings. The van der Waals surface area contributed by atoms with Gasteiger partial charge in [-0.2, -0.15) is 0 Å². The van der Waals surface area contributed by atoms with Crippen LogP contribution in [0.2, 0.25) is 0 Å². The fourth-order valence-electron chi connectivity index (χ4n) is 2.79. The average molecular weight is 319 g/mol. The number of ketones is 1. The van der Waals surface area contributed by atoms with E-state index in [0.29, 0.717) is 6.42 Å². The summed E-state index contributed by atoms with van der Waals surface area (Å²) in [6.07, 6.45) is 1.23. The summed E-state index contributed by atoms with van der Waals surface area (Å²) in [7, 11) is 1.27. The number of Topliss-reactive ketones (excluding diaryl/α,β-unsaturated/α-hetero) is 1. The molecule has 130 valence electrons. The maximum Gasteiger partial charge on any atom is 0.247 e. The van der Waals surface area contributed by atoms with Crippen LogP contribution in [0, 0.1) is 0 Å². The summed E-state index contributed by atoms with van der Waals surface area (Å²) in [6, 6.07) is -1.21. The van der Waals surface area contributed by atoms with Crippen molar-refractivity contribution in [2.75, 3.05) is 13.7 Å².